The molecule has 0 atom stereocenters. The van der Waals surface area contributed by atoms with Crippen molar-refractivity contribution in [3.05, 3.63) is 29.6 Å². The molecule has 5 heteroatoms. The average Bonchev–Trinajstić information content (AvgIpc) is 2.23. The van der Waals surface area contributed by atoms with Crippen molar-refractivity contribution in [3.8, 4) is 5.75 Å². The van der Waals surface area contributed by atoms with Crippen LogP contribution in [0.4, 0.5) is 4.39 Å². The van der Waals surface area contributed by atoms with E-state index in [1.807, 2.05) is 0 Å². The Balaban J connectivity index is 2.43. The van der Waals surface area contributed by atoms with E-state index in [4.69, 9.17) is 5.11 Å². The third-order valence-electron chi connectivity index (χ3n) is 2.12. The number of phenolic OH excluding ortho intramolecular Hbond substituents is 1. The standard InChI is InChI=1S/C11H15FN2O2/c1-14(2)11(16)7-13-6-8-3-4-10(15)9(12)5-8/h3-5,13,15H,6-7H2,1-2H3. The van der Waals surface area contributed by atoms with Crippen LogP contribution in [0, 0.1) is 5.82 Å². The van der Waals surface area contributed by atoms with Crippen molar-refractivity contribution >= 4 is 5.91 Å². The summed E-state index contributed by atoms with van der Waals surface area (Å²) in [5, 5.41) is 11.9. The number of hydrogen-bond acceptors (Lipinski definition) is 3. The molecule has 88 valence electrons. The number of aromatic hydroxyl groups is 1. The normalized spacial score (nSPS) is 10.2. The first-order chi connectivity index (χ1) is 7.50. The molecule has 0 aromatic heterocycles. The van der Waals surface area contributed by atoms with Gasteiger partial charge in [-0.2, -0.15) is 0 Å². The van der Waals surface area contributed by atoms with E-state index in [1.165, 1.54) is 17.0 Å². The second kappa shape index (κ2) is 5.46. The first-order valence-corrected chi connectivity index (χ1v) is 4.89. The van der Waals surface area contributed by atoms with Crippen molar-refractivity contribution in [2.45, 2.75) is 6.54 Å². The lowest BCUT2D eigenvalue weighted by molar-refractivity contribution is -0.127. The first-order valence-electron chi connectivity index (χ1n) is 4.89. The van der Waals surface area contributed by atoms with Crippen LogP contribution in [0.15, 0.2) is 18.2 Å². The van der Waals surface area contributed by atoms with Crippen molar-refractivity contribution in [2.24, 2.45) is 0 Å². The fraction of sp³-hybridized carbons (Fsp3) is 0.364. The van der Waals surface area contributed by atoms with Gasteiger partial charge in [-0.1, -0.05) is 6.07 Å². The molecule has 0 heterocycles. The summed E-state index contributed by atoms with van der Waals surface area (Å²) >= 11 is 0. The molecule has 16 heavy (non-hydrogen) atoms. The number of carbonyl (C=O) groups excluding carboxylic acids is 1. The number of halogens is 1. The number of nitrogens with one attached hydrogen (secondary N) is 1. The van der Waals surface area contributed by atoms with Crippen molar-refractivity contribution in [1.82, 2.24) is 10.2 Å². The molecule has 0 radical (unpaired) electrons. The molecule has 1 aromatic rings. The van der Waals surface area contributed by atoms with E-state index >= 15 is 0 Å². The Morgan fingerprint density at radius 2 is 2.19 bits per heavy atom. The molecule has 1 aromatic carbocycles. The fourth-order valence-electron chi connectivity index (χ4n) is 1.13. The minimum Gasteiger partial charge on any atom is -0.505 e. The van der Waals surface area contributed by atoms with E-state index in [-0.39, 0.29) is 18.2 Å². The Kier molecular flexibility index (Phi) is 4.25. The van der Waals surface area contributed by atoms with Crippen molar-refractivity contribution in [2.75, 3.05) is 20.6 Å². The SMILES string of the molecule is CN(C)C(=O)CNCc1ccc(O)c(F)c1. The summed E-state index contributed by atoms with van der Waals surface area (Å²) in [6, 6.07) is 4.13. The van der Waals surface area contributed by atoms with Crippen LogP contribution >= 0.6 is 0 Å². The average molecular weight is 226 g/mol. The van der Waals surface area contributed by atoms with Gasteiger partial charge in [-0.05, 0) is 17.7 Å². The molecule has 0 saturated heterocycles. The number of likely N-dealkylation sites (N-methyl/N-ethyl adjacent to an activating group) is 1. The predicted molar refractivity (Wildman–Crippen MR) is 58.5 cm³/mol. The molecule has 0 spiro atoms. The lowest BCUT2D eigenvalue weighted by atomic mass is 10.2. The second-order valence-corrected chi connectivity index (χ2v) is 3.68. The highest BCUT2D eigenvalue weighted by atomic mass is 19.1. The van der Waals surface area contributed by atoms with E-state index in [0.717, 1.165) is 0 Å². The maximum atomic E-state index is 12.9. The molecule has 2 N–H and O–H groups in total. The van der Waals surface area contributed by atoms with Crippen LogP contribution < -0.4 is 5.32 Å². The molecule has 0 aliphatic rings. The predicted octanol–water partition coefficient (Wildman–Crippen LogP) is 0.709. The summed E-state index contributed by atoms with van der Waals surface area (Å²) in [5.74, 6) is -1.06. The van der Waals surface area contributed by atoms with Gasteiger partial charge in [0.15, 0.2) is 11.6 Å². The van der Waals surface area contributed by atoms with Gasteiger partial charge in [0.2, 0.25) is 5.91 Å². The zero-order valence-corrected chi connectivity index (χ0v) is 9.33. The first kappa shape index (κ1) is 12.4. The Bertz CT molecular complexity index is 380. The van der Waals surface area contributed by atoms with E-state index in [1.54, 1.807) is 20.2 Å². The maximum Gasteiger partial charge on any atom is 0.236 e. The quantitative estimate of drug-likeness (QED) is 0.795. The topological polar surface area (TPSA) is 52.6 Å². The zero-order chi connectivity index (χ0) is 12.1. The smallest absolute Gasteiger partial charge is 0.236 e. The minimum atomic E-state index is -0.654. The molecule has 1 amide bonds. The zero-order valence-electron chi connectivity index (χ0n) is 9.33. The van der Waals surface area contributed by atoms with Crippen LogP contribution in [0.1, 0.15) is 5.56 Å². The summed E-state index contributed by atoms with van der Waals surface area (Å²) in [6.45, 7) is 0.590. The van der Waals surface area contributed by atoms with Gasteiger partial charge in [-0.3, -0.25) is 4.79 Å². The van der Waals surface area contributed by atoms with E-state index < -0.39 is 5.82 Å². The number of benzene rings is 1. The molecule has 0 aliphatic carbocycles. The summed E-state index contributed by atoms with van der Waals surface area (Å²) in [7, 11) is 3.34. The second-order valence-electron chi connectivity index (χ2n) is 3.68. The van der Waals surface area contributed by atoms with Gasteiger partial charge in [-0.25, -0.2) is 4.39 Å². The van der Waals surface area contributed by atoms with Crippen molar-refractivity contribution < 1.29 is 14.3 Å². The summed E-state index contributed by atoms with van der Waals surface area (Å²) in [4.78, 5) is 12.7. The highest BCUT2D eigenvalue weighted by Gasteiger charge is 2.04. The lowest BCUT2D eigenvalue weighted by Crippen LogP contribution is -2.32. The number of amides is 1. The third-order valence-corrected chi connectivity index (χ3v) is 2.12. The largest absolute Gasteiger partial charge is 0.505 e. The molecular formula is C11H15FN2O2. The highest BCUT2D eigenvalue weighted by molar-refractivity contribution is 5.77. The maximum absolute atomic E-state index is 12.9. The Morgan fingerprint density at radius 1 is 1.50 bits per heavy atom. The van der Waals surface area contributed by atoms with Crippen LogP contribution in [0.25, 0.3) is 0 Å². The molecular weight excluding hydrogens is 211 g/mol. The number of nitrogens with zero attached hydrogens (tertiary/aromatic N) is 1. The van der Waals surface area contributed by atoms with E-state index in [2.05, 4.69) is 5.32 Å². The number of hydrogen-bond donors (Lipinski definition) is 2. The van der Waals surface area contributed by atoms with Gasteiger partial charge in [0.05, 0.1) is 6.54 Å². The van der Waals surface area contributed by atoms with Crippen LogP contribution in [-0.4, -0.2) is 36.6 Å². The Morgan fingerprint density at radius 3 is 2.75 bits per heavy atom. The van der Waals surface area contributed by atoms with Crippen LogP contribution in [0.3, 0.4) is 0 Å². The number of rotatable bonds is 4. The summed E-state index contributed by atoms with van der Waals surface area (Å²) in [5.41, 5.74) is 0.682. The van der Waals surface area contributed by atoms with Gasteiger partial charge in [-0.15, -0.1) is 0 Å². The Hall–Kier alpha value is -1.62. The number of phenols is 1. The van der Waals surface area contributed by atoms with Crippen molar-refractivity contribution in [1.29, 1.82) is 0 Å². The van der Waals surface area contributed by atoms with E-state index in [0.29, 0.717) is 12.1 Å². The van der Waals surface area contributed by atoms with Gasteiger partial charge in [0.25, 0.3) is 0 Å². The van der Waals surface area contributed by atoms with Gasteiger partial charge in [0.1, 0.15) is 0 Å². The molecule has 0 unspecified atom stereocenters. The van der Waals surface area contributed by atoms with Crippen LogP contribution in [-0.2, 0) is 11.3 Å². The molecule has 1 rings (SSSR count). The molecule has 0 aliphatic heterocycles. The minimum absolute atomic E-state index is 0.0424. The fourth-order valence-corrected chi connectivity index (χ4v) is 1.13. The van der Waals surface area contributed by atoms with Crippen LogP contribution in [0.5, 0.6) is 5.75 Å². The summed E-state index contributed by atoms with van der Waals surface area (Å²) in [6.07, 6.45) is 0. The monoisotopic (exact) mass is 226 g/mol. The molecule has 0 saturated carbocycles. The third kappa shape index (κ3) is 3.51. The molecule has 0 bridgehead atoms. The lowest BCUT2D eigenvalue weighted by Gasteiger charge is -2.11. The van der Waals surface area contributed by atoms with Crippen LogP contribution in [0.2, 0.25) is 0 Å². The molecule has 4 nitrogen and oxygen atoms in total. The Labute approximate surface area is 93.7 Å². The summed E-state index contributed by atoms with van der Waals surface area (Å²) < 4.78 is 12.9. The van der Waals surface area contributed by atoms with Gasteiger partial charge in [0, 0.05) is 20.6 Å². The van der Waals surface area contributed by atoms with Gasteiger partial charge < -0.3 is 15.3 Å². The van der Waals surface area contributed by atoms with Crippen molar-refractivity contribution in [3.63, 3.8) is 0 Å². The van der Waals surface area contributed by atoms with E-state index in [9.17, 15) is 9.18 Å². The number of carbonyl (C=O) groups is 1. The molecule has 0 fully saturated rings. The van der Waals surface area contributed by atoms with Gasteiger partial charge >= 0.3 is 0 Å². The highest BCUT2D eigenvalue weighted by Crippen LogP contribution is 2.15.